The molecule has 2 aliphatic carbocycles. The summed E-state index contributed by atoms with van der Waals surface area (Å²) in [5.74, 6) is -6.35. The van der Waals surface area contributed by atoms with E-state index in [2.05, 4.69) is 10.6 Å². The number of benzene rings is 4. The van der Waals surface area contributed by atoms with E-state index in [1.165, 1.54) is 0 Å². The van der Waals surface area contributed by atoms with Crippen molar-refractivity contribution in [1.82, 2.24) is 10.6 Å². The van der Waals surface area contributed by atoms with Gasteiger partial charge in [0.25, 0.3) is 11.8 Å². The minimum absolute atomic E-state index is 0. The molecule has 0 saturated carbocycles. The van der Waals surface area contributed by atoms with E-state index in [9.17, 15) is 39.0 Å². The van der Waals surface area contributed by atoms with Crippen LogP contribution in [0.3, 0.4) is 0 Å². The van der Waals surface area contributed by atoms with Crippen molar-refractivity contribution in [1.29, 1.82) is 0 Å². The lowest BCUT2D eigenvalue weighted by atomic mass is 9.66. The van der Waals surface area contributed by atoms with Crippen molar-refractivity contribution in [2.24, 2.45) is 0 Å². The molecule has 0 radical (unpaired) electrons. The lowest BCUT2D eigenvalue weighted by Crippen LogP contribution is -2.44. The fourth-order valence-electron chi connectivity index (χ4n) is 6.51. The average Bonchev–Trinajstić information content (AvgIpc) is 3.15. The fraction of sp³-hybridized carbons (Fsp3) is 0.171. The second-order valence-electron chi connectivity index (χ2n) is 12.3. The largest absolute Gasteiger partial charge is 0.506 e. The molecule has 2 atom stereocenters. The molecule has 0 aliphatic heterocycles. The van der Waals surface area contributed by atoms with Crippen molar-refractivity contribution in [3.8, 4) is 0 Å². The van der Waals surface area contributed by atoms with E-state index < -0.39 is 81.9 Å². The summed E-state index contributed by atoms with van der Waals surface area (Å²) in [4.78, 5) is 72.9. The monoisotopic (exact) mass is 718 g/mol. The van der Waals surface area contributed by atoms with E-state index >= 15 is 0 Å². The first kappa shape index (κ1) is 39.0. The van der Waals surface area contributed by atoms with Crippen molar-refractivity contribution in [2.75, 3.05) is 13.1 Å². The normalized spacial score (nSPS) is 18.7. The molecular weight excluding hydrogens is 680 g/mol. The van der Waals surface area contributed by atoms with Crippen LogP contribution in [0.25, 0.3) is 11.5 Å². The fourth-order valence-corrected chi connectivity index (χ4v) is 6.51. The first-order valence-electron chi connectivity index (χ1n) is 16.0. The Bertz CT molecular complexity index is 2020. The van der Waals surface area contributed by atoms with Gasteiger partial charge in [-0.2, -0.15) is 0 Å². The Labute approximate surface area is 305 Å². The molecule has 0 heterocycles. The molecule has 6 rings (SSSR count). The summed E-state index contributed by atoms with van der Waals surface area (Å²) in [6.45, 7) is 2.10. The number of carbonyl (C=O) groups is 6. The van der Waals surface area contributed by atoms with E-state index in [1.54, 1.807) is 111 Å². The Hall–Kier alpha value is -6.82. The highest BCUT2D eigenvalue weighted by molar-refractivity contribution is 6.30. The minimum atomic E-state index is -1.24. The number of amides is 2. The number of hydrogen-bond donors (Lipinski definition) is 6. The summed E-state index contributed by atoms with van der Waals surface area (Å²) in [6, 6.07) is 31.6. The maximum Gasteiger partial charge on any atom is 0.322 e. The zero-order valence-corrected chi connectivity index (χ0v) is 28.0. The molecule has 0 aromatic heterocycles. The number of aliphatic hydroxyl groups is 2. The number of fused-ring (bicyclic) bond motifs is 2. The molecule has 0 unspecified atom stereocenters. The molecule has 6 N–H and O–H groups in total. The van der Waals surface area contributed by atoms with Crippen LogP contribution in [0.15, 0.2) is 120 Å². The Morgan fingerprint density at radius 3 is 1.15 bits per heavy atom. The van der Waals surface area contributed by atoms with Crippen LogP contribution >= 0.6 is 0 Å². The predicted octanol–water partition coefficient (Wildman–Crippen LogP) is 4.73. The molecule has 0 spiro atoms. The summed E-state index contributed by atoms with van der Waals surface area (Å²) in [5.41, 5.74) is 0.0411. The van der Waals surface area contributed by atoms with Gasteiger partial charge in [0.1, 0.15) is 35.8 Å². The molecule has 53 heavy (non-hydrogen) atoms. The predicted molar refractivity (Wildman–Crippen MR) is 196 cm³/mol. The van der Waals surface area contributed by atoms with Crippen LogP contribution in [0.4, 0.5) is 0 Å². The number of Topliss-reactive ketones (excluding diaryl/α,β-unsaturated/α-hetero) is 2. The first-order chi connectivity index (χ1) is 24.7. The number of hydrogen-bond acceptors (Lipinski definition) is 8. The van der Waals surface area contributed by atoms with Gasteiger partial charge in [0.2, 0.25) is 0 Å². The average molecular weight is 719 g/mol. The first-order valence-corrected chi connectivity index (χ1v) is 16.0. The summed E-state index contributed by atoms with van der Waals surface area (Å²) in [5, 5.41) is 42.9. The lowest BCUT2D eigenvalue weighted by molar-refractivity contribution is -0.138. The number of carboxylic acid groups (broad SMARTS) is 2. The van der Waals surface area contributed by atoms with Gasteiger partial charge in [0, 0.05) is 11.1 Å². The van der Waals surface area contributed by atoms with Crippen molar-refractivity contribution < 1.29 is 49.2 Å². The Balaban J connectivity index is 0.000000232. The molecule has 4 aromatic carbocycles. The van der Waals surface area contributed by atoms with Crippen LogP contribution in [0.5, 0.6) is 0 Å². The number of carboxylic acids is 2. The van der Waals surface area contributed by atoms with Gasteiger partial charge in [0.15, 0.2) is 11.6 Å². The van der Waals surface area contributed by atoms with E-state index in [1.807, 2.05) is 12.1 Å². The molecule has 0 saturated heterocycles. The van der Waals surface area contributed by atoms with Crippen LogP contribution in [-0.4, -0.2) is 68.8 Å². The second-order valence-corrected chi connectivity index (χ2v) is 12.3. The Morgan fingerprint density at radius 2 is 0.830 bits per heavy atom. The van der Waals surface area contributed by atoms with Gasteiger partial charge in [-0.1, -0.05) is 117 Å². The molecule has 2 aliphatic rings. The van der Waals surface area contributed by atoms with Crippen LogP contribution < -0.4 is 10.6 Å². The van der Waals surface area contributed by atoms with Gasteiger partial charge >= 0.3 is 11.9 Å². The van der Waals surface area contributed by atoms with Crippen LogP contribution in [0.2, 0.25) is 0 Å². The highest BCUT2D eigenvalue weighted by Crippen LogP contribution is 2.45. The second kappa shape index (κ2) is 15.6. The molecule has 12 heteroatoms. The third-order valence-electron chi connectivity index (χ3n) is 9.23. The lowest BCUT2D eigenvalue weighted by Gasteiger charge is -2.35. The number of carbonyl (C=O) groups excluding carboxylic acids is 4. The SMILES string of the molecule is C.C[C@@]1(c2ccccc2)C(=O)C(C(=O)NCC(=O)O)=C(O)c2ccccc21.C[C@]1(c2ccccc2)C(=O)C(C(=O)NCC(=O)O)=C(O)c2ccccc21. The van der Waals surface area contributed by atoms with E-state index in [0.29, 0.717) is 33.4 Å². The van der Waals surface area contributed by atoms with E-state index in [0.717, 1.165) is 0 Å². The summed E-state index contributed by atoms with van der Waals surface area (Å²) in [6.07, 6.45) is 0. The quantitative estimate of drug-likeness (QED) is 0.138. The van der Waals surface area contributed by atoms with Crippen LogP contribution in [0.1, 0.15) is 54.7 Å². The highest BCUT2D eigenvalue weighted by Gasteiger charge is 2.48. The van der Waals surface area contributed by atoms with Gasteiger partial charge in [-0.15, -0.1) is 0 Å². The summed E-state index contributed by atoms with van der Waals surface area (Å²) in [7, 11) is 0. The van der Waals surface area contributed by atoms with Gasteiger partial charge in [0.05, 0.1) is 10.8 Å². The van der Waals surface area contributed by atoms with Gasteiger partial charge in [-0.3, -0.25) is 28.8 Å². The van der Waals surface area contributed by atoms with Crippen LogP contribution in [-0.2, 0) is 39.6 Å². The maximum atomic E-state index is 13.3. The smallest absolute Gasteiger partial charge is 0.322 e. The van der Waals surface area contributed by atoms with Gasteiger partial charge < -0.3 is 31.1 Å². The topological polar surface area (TPSA) is 207 Å². The molecular formula is C41H38N2O10. The number of rotatable bonds is 8. The standard InChI is InChI=1S/2C20H17NO5.CH4/c2*1-20(12-7-3-2-4-8-12)14-10-6-5-9-13(14)17(24)16(18(20)25)19(26)21-11-15(22)23;/h2*2-10,24H,11H2,1H3,(H,21,26)(H,22,23);1H4/t2*20-;/m10./s1. The molecule has 2 amide bonds. The third-order valence-corrected chi connectivity index (χ3v) is 9.23. The maximum absolute atomic E-state index is 13.3. The van der Waals surface area contributed by atoms with Crippen molar-refractivity contribution in [3.63, 3.8) is 0 Å². The van der Waals surface area contributed by atoms with Crippen molar-refractivity contribution >= 4 is 46.8 Å². The number of aliphatic carboxylic acids is 2. The molecule has 272 valence electrons. The molecule has 12 nitrogen and oxygen atoms in total. The Morgan fingerprint density at radius 1 is 0.528 bits per heavy atom. The van der Waals surface area contributed by atoms with Gasteiger partial charge in [-0.05, 0) is 36.1 Å². The molecule has 4 aromatic rings. The molecule has 0 fully saturated rings. The minimum Gasteiger partial charge on any atom is -0.506 e. The highest BCUT2D eigenvalue weighted by atomic mass is 16.4. The zero-order chi connectivity index (χ0) is 37.8. The summed E-state index contributed by atoms with van der Waals surface area (Å²) < 4.78 is 0. The van der Waals surface area contributed by atoms with Crippen molar-refractivity contribution in [3.05, 3.63) is 154 Å². The van der Waals surface area contributed by atoms with E-state index in [4.69, 9.17) is 10.2 Å². The third kappa shape index (κ3) is 7.07. The Kier molecular flexibility index (Phi) is 11.5. The number of nitrogens with one attached hydrogen (secondary N) is 2. The zero-order valence-electron chi connectivity index (χ0n) is 28.0. The summed E-state index contributed by atoms with van der Waals surface area (Å²) >= 11 is 0. The number of aliphatic hydroxyl groups excluding tert-OH is 2. The van der Waals surface area contributed by atoms with Crippen LogP contribution in [0, 0.1) is 0 Å². The van der Waals surface area contributed by atoms with E-state index in [-0.39, 0.29) is 7.43 Å². The number of ketones is 2. The van der Waals surface area contributed by atoms with Gasteiger partial charge in [-0.25, -0.2) is 0 Å². The van der Waals surface area contributed by atoms with Crippen molar-refractivity contribution in [2.45, 2.75) is 32.1 Å². The molecule has 0 bridgehead atoms.